The molecule has 0 radical (unpaired) electrons. The molecule has 170 valence electrons. The molecule has 33 heavy (non-hydrogen) atoms. The molecule has 4 aromatic rings. The number of hydrogen-bond acceptors (Lipinski definition) is 4. The lowest BCUT2D eigenvalue weighted by atomic mass is 9.68. The number of benzene rings is 2. The first-order chi connectivity index (χ1) is 15.7. The Hall–Kier alpha value is -2.23. The Morgan fingerprint density at radius 1 is 1.06 bits per heavy atom. The van der Waals surface area contributed by atoms with E-state index in [9.17, 15) is 13.2 Å². The van der Waals surface area contributed by atoms with Gasteiger partial charge in [-0.15, -0.1) is 10.2 Å². The minimum Gasteiger partial charge on any atom is -0.296 e. The second-order valence-corrected chi connectivity index (χ2v) is 10.3. The SMILES string of the molecule is Cc1c(-c2nnc(C3(C(F)(F)F)CCC3)s2)nc(-c2ccccc2Cl)n1-c1ccc(Br)cc1. The maximum absolute atomic E-state index is 13.8. The molecule has 0 saturated heterocycles. The molecule has 1 aliphatic carbocycles. The molecular formula is C23H17BrClF3N4S. The van der Waals surface area contributed by atoms with Gasteiger partial charge in [-0.2, -0.15) is 13.2 Å². The lowest BCUT2D eigenvalue weighted by molar-refractivity contribution is -0.212. The van der Waals surface area contributed by atoms with Gasteiger partial charge in [0.1, 0.15) is 21.9 Å². The van der Waals surface area contributed by atoms with Crippen LogP contribution in [0, 0.1) is 6.92 Å². The molecule has 5 rings (SSSR count). The van der Waals surface area contributed by atoms with Gasteiger partial charge in [0, 0.05) is 15.7 Å². The Morgan fingerprint density at radius 2 is 1.76 bits per heavy atom. The lowest BCUT2D eigenvalue weighted by Gasteiger charge is -2.40. The number of halogens is 5. The Morgan fingerprint density at radius 3 is 2.36 bits per heavy atom. The highest BCUT2D eigenvalue weighted by Gasteiger charge is 2.61. The topological polar surface area (TPSA) is 43.6 Å². The molecule has 0 amide bonds. The highest BCUT2D eigenvalue weighted by molar-refractivity contribution is 9.10. The van der Waals surface area contributed by atoms with E-state index in [1.807, 2.05) is 54.0 Å². The van der Waals surface area contributed by atoms with E-state index in [1.54, 1.807) is 6.07 Å². The van der Waals surface area contributed by atoms with Crippen molar-refractivity contribution in [2.45, 2.75) is 37.8 Å². The largest absolute Gasteiger partial charge is 0.400 e. The van der Waals surface area contributed by atoms with Crippen LogP contribution in [-0.4, -0.2) is 25.9 Å². The predicted octanol–water partition coefficient (Wildman–Crippen LogP) is 7.77. The average molecular weight is 554 g/mol. The highest BCUT2D eigenvalue weighted by atomic mass is 79.9. The van der Waals surface area contributed by atoms with Crippen molar-refractivity contribution in [3.8, 4) is 27.8 Å². The molecular weight excluding hydrogens is 537 g/mol. The molecule has 1 aliphatic rings. The van der Waals surface area contributed by atoms with Gasteiger partial charge in [0.2, 0.25) is 0 Å². The number of hydrogen-bond donors (Lipinski definition) is 0. The summed E-state index contributed by atoms with van der Waals surface area (Å²) in [6.07, 6.45) is -3.73. The van der Waals surface area contributed by atoms with Gasteiger partial charge in [-0.1, -0.05) is 57.4 Å². The van der Waals surface area contributed by atoms with Gasteiger partial charge < -0.3 is 0 Å². The Bertz CT molecular complexity index is 1330. The van der Waals surface area contributed by atoms with Crippen LogP contribution in [0.3, 0.4) is 0 Å². The zero-order valence-electron chi connectivity index (χ0n) is 17.3. The third-order valence-electron chi connectivity index (χ3n) is 6.09. The first-order valence-electron chi connectivity index (χ1n) is 10.2. The fraction of sp³-hybridized carbons (Fsp3) is 0.261. The first kappa shape index (κ1) is 22.6. The molecule has 2 heterocycles. The summed E-state index contributed by atoms with van der Waals surface area (Å²) in [4.78, 5) is 4.80. The number of rotatable bonds is 4. The summed E-state index contributed by atoms with van der Waals surface area (Å²) in [7, 11) is 0. The van der Waals surface area contributed by atoms with Crippen molar-refractivity contribution < 1.29 is 13.2 Å². The van der Waals surface area contributed by atoms with Gasteiger partial charge >= 0.3 is 6.18 Å². The maximum atomic E-state index is 13.8. The van der Waals surface area contributed by atoms with Gasteiger partial charge in [0.15, 0.2) is 5.01 Å². The molecule has 4 nitrogen and oxygen atoms in total. The molecule has 0 N–H and O–H groups in total. The molecule has 0 atom stereocenters. The number of imidazole rings is 1. The minimum absolute atomic E-state index is 0.00753. The van der Waals surface area contributed by atoms with Crippen LogP contribution in [0.15, 0.2) is 53.0 Å². The second-order valence-electron chi connectivity index (χ2n) is 8.01. The Balaban J connectivity index is 1.67. The molecule has 0 unspecified atom stereocenters. The minimum atomic E-state index is -4.35. The van der Waals surface area contributed by atoms with Crippen LogP contribution in [0.4, 0.5) is 13.2 Å². The summed E-state index contributed by atoms with van der Waals surface area (Å²) < 4.78 is 44.3. The zero-order valence-corrected chi connectivity index (χ0v) is 20.5. The van der Waals surface area contributed by atoms with Gasteiger partial charge in [-0.25, -0.2) is 4.98 Å². The molecule has 2 aromatic carbocycles. The monoisotopic (exact) mass is 552 g/mol. The number of nitrogens with zero attached hydrogens (tertiary/aromatic N) is 4. The number of aromatic nitrogens is 4. The Labute approximate surface area is 205 Å². The van der Waals surface area contributed by atoms with Crippen molar-refractivity contribution in [3.63, 3.8) is 0 Å². The van der Waals surface area contributed by atoms with Crippen molar-refractivity contribution in [1.29, 1.82) is 0 Å². The van der Waals surface area contributed by atoms with Crippen LogP contribution in [0.1, 0.15) is 30.0 Å². The summed E-state index contributed by atoms with van der Waals surface area (Å²) >= 11 is 10.9. The van der Waals surface area contributed by atoms with Crippen LogP contribution in [0.25, 0.3) is 27.8 Å². The van der Waals surface area contributed by atoms with Crippen molar-refractivity contribution >= 4 is 38.9 Å². The quantitative estimate of drug-likeness (QED) is 0.259. The highest BCUT2D eigenvalue weighted by Crippen LogP contribution is 2.55. The third-order valence-corrected chi connectivity index (χ3v) is 8.09. The fourth-order valence-electron chi connectivity index (χ4n) is 4.09. The third kappa shape index (κ3) is 3.70. The fourth-order valence-corrected chi connectivity index (χ4v) is 5.73. The van der Waals surface area contributed by atoms with E-state index in [2.05, 4.69) is 26.1 Å². The molecule has 0 aliphatic heterocycles. The summed E-state index contributed by atoms with van der Waals surface area (Å²) in [6, 6.07) is 15.0. The zero-order chi connectivity index (χ0) is 23.4. The van der Waals surface area contributed by atoms with Gasteiger partial charge in [-0.05, 0) is 56.2 Å². The van der Waals surface area contributed by atoms with Crippen molar-refractivity contribution in [2.75, 3.05) is 0 Å². The number of alkyl halides is 3. The van der Waals surface area contributed by atoms with Gasteiger partial charge in [0.25, 0.3) is 0 Å². The van der Waals surface area contributed by atoms with Gasteiger partial charge in [-0.3, -0.25) is 4.57 Å². The van der Waals surface area contributed by atoms with Crippen LogP contribution in [0.2, 0.25) is 5.02 Å². The maximum Gasteiger partial charge on any atom is 0.400 e. The van der Waals surface area contributed by atoms with E-state index < -0.39 is 11.6 Å². The van der Waals surface area contributed by atoms with E-state index in [4.69, 9.17) is 16.6 Å². The smallest absolute Gasteiger partial charge is 0.296 e. The second kappa shape index (κ2) is 8.21. The van der Waals surface area contributed by atoms with Crippen LogP contribution in [-0.2, 0) is 5.41 Å². The summed E-state index contributed by atoms with van der Waals surface area (Å²) in [5.41, 5.74) is 0.904. The van der Waals surface area contributed by atoms with Crippen LogP contribution >= 0.6 is 38.9 Å². The van der Waals surface area contributed by atoms with Crippen molar-refractivity contribution in [2.24, 2.45) is 0 Å². The normalized spacial score (nSPS) is 15.5. The van der Waals surface area contributed by atoms with E-state index in [-0.39, 0.29) is 17.8 Å². The lowest BCUT2D eigenvalue weighted by Crippen LogP contribution is -2.47. The predicted molar refractivity (Wildman–Crippen MR) is 127 cm³/mol. The molecule has 0 bridgehead atoms. The van der Waals surface area contributed by atoms with Gasteiger partial charge in [0.05, 0.1) is 10.7 Å². The molecule has 2 aromatic heterocycles. The standard InChI is InChI=1S/C23H17BrClF3N4S/c1-13-18(20-30-31-21(33-20)22(11-4-12-22)23(26,27)28)29-19(16-5-2-3-6-17(16)25)32(13)15-9-7-14(24)8-10-15/h2-3,5-10H,4,11-12H2,1H3. The van der Waals surface area contributed by atoms with E-state index in [0.717, 1.165) is 27.2 Å². The molecule has 10 heteroatoms. The summed E-state index contributed by atoms with van der Waals surface area (Å²) in [5, 5.41) is 9.01. The molecule has 1 saturated carbocycles. The average Bonchev–Trinajstić information content (AvgIpc) is 3.32. The van der Waals surface area contributed by atoms with E-state index in [0.29, 0.717) is 33.5 Å². The molecule has 1 fully saturated rings. The van der Waals surface area contributed by atoms with E-state index >= 15 is 0 Å². The van der Waals surface area contributed by atoms with E-state index in [1.165, 1.54) is 0 Å². The first-order valence-corrected chi connectivity index (χ1v) is 12.2. The van der Waals surface area contributed by atoms with Crippen molar-refractivity contribution in [3.05, 3.63) is 68.7 Å². The Kier molecular flexibility index (Phi) is 5.61. The summed E-state index contributed by atoms with van der Waals surface area (Å²) in [5.74, 6) is 0.585. The van der Waals surface area contributed by atoms with Crippen molar-refractivity contribution in [1.82, 2.24) is 19.7 Å². The van der Waals surface area contributed by atoms with Crippen LogP contribution in [0.5, 0.6) is 0 Å². The molecule has 0 spiro atoms. The van der Waals surface area contributed by atoms with Crippen LogP contribution < -0.4 is 0 Å². The summed E-state index contributed by atoms with van der Waals surface area (Å²) in [6.45, 7) is 1.87.